The van der Waals surface area contributed by atoms with Crippen molar-refractivity contribution in [3.63, 3.8) is 0 Å². The quantitative estimate of drug-likeness (QED) is 0.0288. The van der Waals surface area contributed by atoms with E-state index in [1.54, 1.807) is 91.0 Å². The van der Waals surface area contributed by atoms with Gasteiger partial charge in [0.05, 0.1) is 50.1 Å². The van der Waals surface area contributed by atoms with Crippen molar-refractivity contribution in [1.82, 2.24) is 29.7 Å². The van der Waals surface area contributed by atoms with Crippen molar-refractivity contribution in [3.05, 3.63) is 174 Å². The van der Waals surface area contributed by atoms with Gasteiger partial charge in [-0.1, -0.05) is 92.0 Å². The molecule has 8 N–H and O–H groups in total. The van der Waals surface area contributed by atoms with Gasteiger partial charge in [-0.05, 0) is 185 Å². The molecule has 0 bridgehead atoms. The van der Waals surface area contributed by atoms with Gasteiger partial charge >= 0.3 is 0 Å². The van der Waals surface area contributed by atoms with E-state index in [2.05, 4.69) is 51.7 Å². The van der Waals surface area contributed by atoms with Crippen LogP contribution in [-0.2, 0) is 0 Å². The lowest BCUT2D eigenvalue weighted by Crippen LogP contribution is -2.41. The van der Waals surface area contributed by atoms with Crippen LogP contribution in [0, 0.1) is 98.8 Å². The molecule has 6 aromatic rings. The fourth-order valence-electron chi connectivity index (χ4n) is 12.4. The smallest absolute Gasteiger partial charge is 0.261 e. The van der Waals surface area contributed by atoms with Gasteiger partial charge in [-0.25, -0.2) is 28.1 Å². The zero-order valence-electron chi connectivity index (χ0n) is 56.7. The van der Waals surface area contributed by atoms with Crippen molar-refractivity contribution < 1.29 is 47.0 Å². The van der Waals surface area contributed by atoms with Gasteiger partial charge in [0.15, 0.2) is 34.9 Å². The molecule has 21 nitrogen and oxygen atoms in total. The molecule has 3 aliphatic heterocycles. The molecule has 3 aromatic heterocycles. The Morgan fingerprint density at radius 1 is 0.471 bits per heavy atom. The monoisotopic (exact) mass is 1450 g/mol. The number of carbonyl (C=O) groups excluding carboxylic acids is 6. The molecule has 3 aromatic carbocycles. The van der Waals surface area contributed by atoms with Crippen molar-refractivity contribution in [2.24, 2.45) is 58.8 Å². The summed E-state index contributed by atoms with van der Waals surface area (Å²) in [6.07, 6.45) is 14.7. The summed E-state index contributed by atoms with van der Waals surface area (Å²) in [6, 6.07) is 29.1. The molecule has 534 valence electrons. The molecule has 6 fully saturated rings. The fraction of sp³-hybridized carbons (Fsp3) is 0.440. The number of aliphatic hydroxyl groups excluding tert-OH is 1. The molecular formula is C75H80Cl3F3N14O7. The van der Waals surface area contributed by atoms with Crippen LogP contribution >= 0.6 is 34.8 Å². The minimum absolute atomic E-state index is 0.00275. The highest BCUT2D eigenvalue weighted by molar-refractivity contribution is 6.31. The predicted molar refractivity (Wildman–Crippen MR) is 378 cm³/mol. The summed E-state index contributed by atoms with van der Waals surface area (Å²) < 4.78 is 41.5. The van der Waals surface area contributed by atoms with Crippen LogP contribution < -0.4 is 27.4 Å². The molecule has 15 rings (SSSR count). The van der Waals surface area contributed by atoms with E-state index in [0.29, 0.717) is 95.1 Å². The molecule has 9 aliphatic rings. The highest BCUT2D eigenvalue weighted by atomic mass is 35.5. The van der Waals surface area contributed by atoms with Gasteiger partial charge in [0.2, 0.25) is 0 Å². The Balaban J connectivity index is 0.000000136. The first kappa shape index (κ1) is 75.6. The molecule has 0 radical (unpaired) electrons. The van der Waals surface area contributed by atoms with E-state index >= 15 is 0 Å². The van der Waals surface area contributed by atoms with Gasteiger partial charge in [-0.2, -0.15) is 15.8 Å². The summed E-state index contributed by atoms with van der Waals surface area (Å²) in [4.78, 5) is 88.9. The molecule has 6 atom stereocenters. The summed E-state index contributed by atoms with van der Waals surface area (Å²) in [7, 11) is 0. The lowest BCUT2D eigenvalue weighted by molar-refractivity contribution is 0.0616. The zero-order valence-corrected chi connectivity index (χ0v) is 58.9. The normalized spacial score (nSPS) is 18.5. The molecule has 27 heteroatoms. The Morgan fingerprint density at radius 3 is 1.05 bits per heavy atom. The van der Waals surface area contributed by atoms with Crippen molar-refractivity contribution in [3.8, 4) is 18.2 Å². The number of nitriles is 3. The number of aliphatic hydroxyl groups is 1. The van der Waals surface area contributed by atoms with Crippen LogP contribution in [0.3, 0.4) is 0 Å². The SMILES string of the molecule is CC[C@H](Nc1nc(Cl)c(C#N)cc1F)C1CC1.C[C@@H](CN1C(=O)c2ccccc2C1=O)C1CC1.C[C@@H](CO)C1CC1.N#Cc1cc(F)c(N[C@@H](CN)C2CC2)nc1Cl.N#Cc1cc(F)c(N[C@@H](CN2C(=O)c3ccccc3C2=O)C2CC2)nc1Cl.N[C@@H](CN1C(=O)c2ccccc2C1=O)C1CC1. The van der Waals surface area contributed by atoms with Gasteiger partial charge in [0.25, 0.3) is 35.4 Å². The van der Waals surface area contributed by atoms with E-state index in [-0.39, 0.29) is 122 Å². The highest BCUT2D eigenvalue weighted by Crippen LogP contribution is 2.41. The summed E-state index contributed by atoms with van der Waals surface area (Å²) in [5, 5.41) is 43.8. The first-order valence-electron chi connectivity index (χ1n) is 34.5. The molecule has 102 heavy (non-hydrogen) atoms. The van der Waals surface area contributed by atoms with Gasteiger partial charge in [-0.3, -0.25) is 43.5 Å². The van der Waals surface area contributed by atoms with Crippen LogP contribution in [0.25, 0.3) is 0 Å². The van der Waals surface area contributed by atoms with Crippen LogP contribution in [0.4, 0.5) is 30.6 Å². The van der Waals surface area contributed by atoms with Gasteiger partial charge < -0.3 is 32.5 Å². The fourth-order valence-corrected chi connectivity index (χ4v) is 13.0. The zero-order chi connectivity index (χ0) is 73.2. The molecule has 6 aliphatic carbocycles. The number of imide groups is 3. The molecule has 6 amide bonds. The van der Waals surface area contributed by atoms with Crippen molar-refractivity contribution >= 4 is 87.7 Å². The van der Waals surface area contributed by atoms with Gasteiger partial charge in [-0.15, -0.1) is 0 Å². The third-order valence-electron chi connectivity index (χ3n) is 19.6. The van der Waals surface area contributed by atoms with Crippen molar-refractivity contribution in [2.45, 2.75) is 128 Å². The lowest BCUT2D eigenvalue weighted by Gasteiger charge is -2.24. The van der Waals surface area contributed by atoms with E-state index in [0.717, 1.165) is 69.1 Å². The summed E-state index contributed by atoms with van der Waals surface area (Å²) in [6.45, 7) is 8.11. The van der Waals surface area contributed by atoms with Crippen LogP contribution in [0.5, 0.6) is 0 Å². The van der Waals surface area contributed by atoms with E-state index in [1.165, 1.54) is 53.2 Å². The van der Waals surface area contributed by atoms with Crippen LogP contribution in [0.1, 0.15) is 183 Å². The Bertz CT molecular complexity index is 4000. The maximum atomic E-state index is 14.3. The maximum absolute atomic E-state index is 14.3. The third kappa shape index (κ3) is 18.8. The summed E-state index contributed by atoms with van der Waals surface area (Å²) in [5.74, 6) is 1.29. The van der Waals surface area contributed by atoms with E-state index in [4.69, 9.17) is 67.2 Å². The number of anilines is 3. The number of amides is 6. The van der Waals surface area contributed by atoms with E-state index < -0.39 is 17.5 Å². The summed E-state index contributed by atoms with van der Waals surface area (Å²) >= 11 is 17.4. The second-order valence-electron chi connectivity index (χ2n) is 27.3. The number of benzene rings is 3. The van der Waals surface area contributed by atoms with Crippen molar-refractivity contribution in [1.29, 1.82) is 15.8 Å². The number of nitrogens with one attached hydrogen (secondary N) is 3. The first-order chi connectivity index (χ1) is 49.0. The second kappa shape index (κ2) is 33.8. The average Bonchev–Trinajstić information content (AvgIpc) is 1.64. The first-order valence-corrected chi connectivity index (χ1v) is 35.6. The number of hydrogen-bond donors (Lipinski definition) is 6. The van der Waals surface area contributed by atoms with Gasteiger partial charge in [0, 0.05) is 57.0 Å². The predicted octanol–water partition coefficient (Wildman–Crippen LogP) is 12.8. The molecule has 0 saturated heterocycles. The number of pyridine rings is 3. The molecular weight excluding hydrogens is 1370 g/mol. The molecule has 6 saturated carbocycles. The Hall–Kier alpha value is -9.06. The Labute approximate surface area is 605 Å². The second-order valence-corrected chi connectivity index (χ2v) is 28.4. The number of aromatic nitrogens is 3. The standard InChI is InChI=1S/C19H14ClFN4O2.C14H15NO2.C13H14N2O2.C12H13ClFN3.C11H12ClFN4.C6H12O/c20-16-11(8-22)7-14(21)17(24-16)23-15(10-5-6-10)9-25-18(26)12-3-1-2-4-13(12)19(25)27;1-9(10-6-7-10)8-15-13(16)11-4-2-3-5-12(11)14(15)17;14-11(8-5-6-8)7-15-12(16)9-3-1-2-4-10(9)13(15)17;1-2-10(7-3-4-7)16-12-9(14)5-8(6-15)11(13)17-12;12-10-7(4-14)3-8(13)11(17-10)16-9(5-15)6-1-2-6;1-5(4-7)6-2-3-6/h1-4,7,10,15H,5-6,9H2,(H,23,24);2-5,9-10H,6-8H2,1H3;1-4,8,11H,5-7,14H2;5,7,10H,2-4H2,1H3,(H,16,17);3,6,9H,1-2,5,15H2,(H,16,17);5-7H,2-4H2,1H3/t15-;9-;11-;10-;9-;5-/m000000/s1. The van der Waals surface area contributed by atoms with Crippen LogP contribution in [0.2, 0.25) is 15.5 Å². The minimum atomic E-state index is -0.705. The van der Waals surface area contributed by atoms with Crippen molar-refractivity contribution in [2.75, 3.05) is 48.7 Å². The molecule has 0 unspecified atom stereocenters. The highest BCUT2D eigenvalue weighted by Gasteiger charge is 2.43. The Kier molecular flexibility index (Phi) is 25.1. The number of hydrogen-bond acceptors (Lipinski definition) is 18. The lowest BCUT2D eigenvalue weighted by atomic mass is 10.1. The Morgan fingerprint density at radius 2 is 0.755 bits per heavy atom. The number of nitrogens with two attached hydrogens (primary N) is 2. The average molecular weight is 1450 g/mol. The topological polar surface area (TPSA) is 331 Å². The van der Waals surface area contributed by atoms with Gasteiger partial charge in [0.1, 0.15) is 33.7 Å². The number of carbonyl (C=O) groups is 6. The minimum Gasteiger partial charge on any atom is -0.396 e. The maximum Gasteiger partial charge on any atom is 0.261 e. The molecule has 0 spiro atoms. The molecule has 6 heterocycles. The van der Waals surface area contributed by atoms with E-state index in [9.17, 15) is 41.9 Å². The number of nitrogens with zero attached hydrogens (tertiary/aromatic N) is 9. The van der Waals surface area contributed by atoms with Crippen LogP contribution in [-0.4, -0.2) is 127 Å². The van der Waals surface area contributed by atoms with E-state index in [1.807, 2.05) is 0 Å². The summed E-state index contributed by atoms with van der Waals surface area (Å²) in [5.41, 5.74) is 14.5. The number of rotatable bonds is 21. The third-order valence-corrected chi connectivity index (χ3v) is 20.5. The number of halogens is 6. The largest absolute Gasteiger partial charge is 0.396 e. The van der Waals surface area contributed by atoms with Crippen LogP contribution in [0.15, 0.2) is 91.0 Å². The number of fused-ring (bicyclic) bond motifs is 3.